The molecule has 1 aliphatic rings. The molecule has 2 unspecified atom stereocenters. The Balaban J connectivity index is 2.42. The molecule has 0 radical (unpaired) electrons. The summed E-state index contributed by atoms with van der Waals surface area (Å²) in [6.45, 7) is 0. The molecule has 2 atom stereocenters. The Labute approximate surface area is 85.1 Å². The summed E-state index contributed by atoms with van der Waals surface area (Å²) in [6.07, 6.45) is 7.21. The van der Waals surface area contributed by atoms with Crippen molar-refractivity contribution in [3.8, 4) is 12.3 Å². The number of rotatable bonds is 4. The SMILES string of the molecule is C#CCC(CC1CCS(=O)(=O)C1)NN. The van der Waals surface area contributed by atoms with Crippen molar-refractivity contribution in [2.75, 3.05) is 11.5 Å². The fourth-order valence-corrected chi connectivity index (χ4v) is 3.69. The van der Waals surface area contributed by atoms with Gasteiger partial charge in [-0.25, -0.2) is 8.42 Å². The molecule has 5 heteroatoms. The van der Waals surface area contributed by atoms with E-state index in [4.69, 9.17) is 12.3 Å². The lowest BCUT2D eigenvalue weighted by Gasteiger charge is -2.16. The Kier molecular flexibility index (Phi) is 3.93. The lowest BCUT2D eigenvalue weighted by Crippen LogP contribution is -2.36. The molecule has 0 spiro atoms. The van der Waals surface area contributed by atoms with Gasteiger partial charge >= 0.3 is 0 Å². The minimum atomic E-state index is -2.78. The van der Waals surface area contributed by atoms with Crippen molar-refractivity contribution in [2.45, 2.75) is 25.3 Å². The Morgan fingerprint density at radius 1 is 1.64 bits per heavy atom. The van der Waals surface area contributed by atoms with Crippen molar-refractivity contribution in [3.05, 3.63) is 0 Å². The Morgan fingerprint density at radius 2 is 2.36 bits per heavy atom. The number of hydrogen-bond acceptors (Lipinski definition) is 4. The predicted molar refractivity (Wildman–Crippen MR) is 55.9 cm³/mol. The second-order valence-corrected chi connectivity index (χ2v) is 6.01. The zero-order chi connectivity index (χ0) is 10.6. The van der Waals surface area contributed by atoms with Gasteiger partial charge in [0.2, 0.25) is 0 Å². The lowest BCUT2D eigenvalue weighted by atomic mass is 9.98. The van der Waals surface area contributed by atoms with Gasteiger partial charge in [0.05, 0.1) is 11.5 Å². The van der Waals surface area contributed by atoms with Crippen LogP contribution in [-0.4, -0.2) is 26.0 Å². The van der Waals surface area contributed by atoms with Crippen LogP contribution in [0.1, 0.15) is 19.3 Å². The van der Waals surface area contributed by atoms with Crippen LogP contribution in [0.25, 0.3) is 0 Å². The lowest BCUT2D eigenvalue weighted by molar-refractivity contribution is 0.416. The standard InChI is InChI=1S/C9H16N2O2S/c1-2-3-9(11-10)6-8-4-5-14(12,13)7-8/h1,8-9,11H,3-7,10H2. The van der Waals surface area contributed by atoms with E-state index >= 15 is 0 Å². The number of hydrogen-bond donors (Lipinski definition) is 2. The molecule has 1 heterocycles. The van der Waals surface area contributed by atoms with Crippen LogP contribution >= 0.6 is 0 Å². The molecule has 0 aromatic heterocycles. The summed E-state index contributed by atoms with van der Waals surface area (Å²) < 4.78 is 22.4. The average Bonchev–Trinajstić information content (AvgIpc) is 2.45. The number of sulfone groups is 1. The minimum absolute atomic E-state index is 0.0401. The number of nitrogens with one attached hydrogen (secondary N) is 1. The number of terminal acetylenes is 1. The van der Waals surface area contributed by atoms with E-state index in [1.807, 2.05) is 0 Å². The highest BCUT2D eigenvalue weighted by Crippen LogP contribution is 2.23. The van der Waals surface area contributed by atoms with Gasteiger partial charge in [-0.05, 0) is 18.8 Å². The first-order valence-electron chi connectivity index (χ1n) is 4.67. The summed E-state index contributed by atoms with van der Waals surface area (Å²) in [4.78, 5) is 0. The molecule has 1 fully saturated rings. The van der Waals surface area contributed by atoms with Gasteiger partial charge in [-0.1, -0.05) is 0 Å². The van der Waals surface area contributed by atoms with E-state index < -0.39 is 9.84 Å². The normalized spacial score (nSPS) is 27.0. The summed E-state index contributed by atoms with van der Waals surface area (Å²) in [5.74, 6) is 8.65. The average molecular weight is 216 g/mol. The van der Waals surface area contributed by atoms with Crippen LogP contribution < -0.4 is 11.3 Å². The van der Waals surface area contributed by atoms with Crippen molar-refractivity contribution >= 4 is 9.84 Å². The number of nitrogens with two attached hydrogens (primary N) is 1. The summed E-state index contributed by atoms with van der Waals surface area (Å²) in [6, 6.07) is 0.0401. The van der Waals surface area contributed by atoms with Gasteiger partial charge < -0.3 is 0 Å². The van der Waals surface area contributed by atoms with Crippen LogP contribution in [0.2, 0.25) is 0 Å². The molecular formula is C9H16N2O2S. The Hall–Kier alpha value is -0.570. The summed E-state index contributed by atoms with van der Waals surface area (Å²) >= 11 is 0. The molecule has 0 saturated carbocycles. The van der Waals surface area contributed by atoms with Gasteiger partial charge in [0.25, 0.3) is 0 Å². The predicted octanol–water partition coefficient (Wildman–Crippen LogP) is -0.334. The van der Waals surface area contributed by atoms with Gasteiger partial charge in [0.1, 0.15) is 0 Å². The highest BCUT2D eigenvalue weighted by molar-refractivity contribution is 7.91. The molecule has 80 valence electrons. The van der Waals surface area contributed by atoms with Crippen molar-refractivity contribution in [2.24, 2.45) is 11.8 Å². The van der Waals surface area contributed by atoms with Gasteiger partial charge in [-0.15, -0.1) is 12.3 Å². The first-order valence-corrected chi connectivity index (χ1v) is 6.49. The summed E-state index contributed by atoms with van der Waals surface area (Å²) in [5.41, 5.74) is 2.62. The van der Waals surface area contributed by atoms with Gasteiger partial charge in [-0.2, -0.15) is 0 Å². The molecule has 0 bridgehead atoms. The summed E-state index contributed by atoms with van der Waals surface area (Å²) in [5, 5.41) is 0. The van der Waals surface area contributed by atoms with Crippen LogP contribution in [0.5, 0.6) is 0 Å². The topological polar surface area (TPSA) is 72.2 Å². The molecule has 1 rings (SSSR count). The third-order valence-electron chi connectivity index (χ3n) is 2.54. The second kappa shape index (κ2) is 4.78. The molecule has 14 heavy (non-hydrogen) atoms. The molecule has 4 nitrogen and oxygen atoms in total. The van der Waals surface area contributed by atoms with Gasteiger partial charge in [0, 0.05) is 12.5 Å². The molecule has 0 aromatic carbocycles. The smallest absolute Gasteiger partial charge is 0.150 e. The fourth-order valence-electron chi connectivity index (χ4n) is 1.81. The Bertz CT molecular complexity index is 318. The van der Waals surface area contributed by atoms with E-state index in [2.05, 4.69) is 11.3 Å². The Morgan fingerprint density at radius 3 is 2.79 bits per heavy atom. The summed E-state index contributed by atoms with van der Waals surface area (Å²) in [7, 11) is -2.78. The van der Waals surface area contributed by atoms with E-state index in [1.54, 1.807) is 0 Å². The first-order chi connectivity index (χ1) is 6.57. The fraction of sp³-hybridized carbons (Fsp3) is 0.778. The molecule has 0 aliphatic carbocycles. The van der Waals surface area contributed by atoms with E-state index in [0.717, 1.165) is 12.8 Å². The van der Waals surface area contributed by atoms with Crippen LogP contribution in [-0.2, 0) is 9.84 Å². The first kappa shape index (κ1) is 11.5. The van der Waals surface area contributed by atoms with Crippen molar-refractivity contribution in [3.63, 3.8) is 0 Å². The minimum Gasteiger partial charge on any atom is -0.271 e. The van der Waals surface area contributed by atoms with E-state index in [0.29, 0.717) is 12.2 Å². The van der Waals surface area contributed by atoms with Gasteiger partial charge in [0.15, 0.2) is 9.84 Å². The largest absolute Gasteiger partial charge is 0.271 e. The molecule has 3 N–H and O–H groups in total. The number of hydrazine groups is 1. The molecule has 1 saturated heterocycles. The zero-order valence-electron chi connectivity index (χ0n) is 8.07. The monoisotopic (exact) mass is 216 g/mol. The van der Waals surface area contributed by atoms with Crippen molar-refractivity contribution in [1.82, 2.24) is 5.43 Å². The molecule has 0 amide bonds. The molecule has 1 aliphatic heterocycles. The van der Waals surface area contributed by atoms with Crippen LogP contribution in [0.4, 0.5) is 0 Å². The highest BCUT2D eigenvalue weighted by Gasteiger charge is 2.29. The van der Waals surface area contributed by atoms with Crippen molar-refractivity contribution in [1.29, 1.82) is 0 Å². The molecule has 0 aromatic rings. The van der Waals surface area contributed by atoms with Crippen LogP contribution in [0.3, 0.4) is 0 Å². The van der Waals surface area contributed by atoms with E-state index in [1.165, 1.54) is 0 Å². The maximum atomic E-state index is 11.2. The quantitative estimate of drug-likeness (QED) is 0.383. The van der Waals surface area contributed by atoms with Crippen LogP contribution in [0, 0.1) is 18.3 Å². The maximum absolute atomic E-state index is 11.2. The highest BCUT2D eigenvalue weighted by atomic mass is 32.2. The third kappa shape index (κ3) is 3.29. The maximum Gasteiger partial charge on any atom is 0.150 e. The second-order valence-electron chi connectivity index (χ2n) is 3.78. The van der Waals surface area contributed by atoms with Crippen LogP contribution in [0.15, 0.2) is 0 Å². The van der Waals surface area contributed by atoms with E-state index in [9.17, 15) is 8.42 Å². The zero-order valence-corrected chi connectivity index (χ0v) is 8.89. The van der Waals surface area contributed by atoms with E-state index in [-0.39, 0.29) is 17.7 Å². The molecular weight excluding hydrogens is 200 g/mol. The van der Waals surface area contributed by atoms with Gasteiger partial charge in [-0.3, -0.25) is 11.3 Å². The third-order valence-corrected chi connectivity index (χ3v) is 4.38. The van der Waals surface area contributed by atoms with Crippen molar-refractivity contribution < 1.29 is 8.42 Å².